The molecule has 1 heterocycles. The van der Waals surface area contributed by atoms with E-state index in [1.807, 2.05) is 0 Å². The third-order valence-corrected chi connectivity index (χ3v) is 3.80. The van der Waals surface area contributed by atoms with Crippen molar-refractivity contribution in [2.75, 3.05) is 25.0 Å². The topological polar surface area (TPSA) is 73.2 Å². The number of carbonyl (C=O) groups is 2. The van der Waals surface area contributed by atoms with E-state index < -0.39 is 0 Å². The van der Waals surface area contributed by atoms with Crippen molar-refractivity contribution < 1.29 is 9.59 Å². The first-order valence-corrected chi connectivity index (χ1v) is 7.19. The first-order valence-electron chi connectivity index (χ1n) is 7.19. The van der Waals surface area contributed by atoms with Gasteiger partial charge in [-0.05, 0) is 38.1 Å². The Labute approximate surface area is 124 Å². The summed E-state index contributed by atoms with van der Waals surface area (Å²) in [6, 6.07) is 9.03. The van der Waals surface area contributed by atoms with E-state index >= 15 is 0 Å². The van der Waals surface area contributed by atoms with Crippen molar-refractivity contribution in [2.45, 2.75) is 19.3 Å². The molecule has 0 radical (unpaired) electrons. The summed E-state index contributed by atoms with van der Waals surface area (Å²) in [5.74, 6) is 0.0905. The van der Waals surface area contributed by atoms with Crippen molar-refractivity contribution in [1.82, 2.24) is 4.90 Å². The van der Waals surface area contributed by atoms with E-state index in [0.717, 1.165) is 32.2 Å². The molecular formula is C16H19N3O2. The first kappa shape index (κ1) is 15.2. The Morgan fingerprint density at radius 3 is 2.76 bits per heavy atom. The summed E-state index contributed by atoms with van der Waals surface area (Å²) in [5.41, 5.74) is 1.03. The van der Waals surface area contributed by atoms with E-state index in [1.165, 1.54) is 0 Å². The molecule has 0 spiro atoms. The lowest BCUT2D eigenvalue weighted by atomic mass is 9.98. The van der Waals surface area contributed by atoms with Crippen LogP contribution >= 0.6 is 0 Å². The van der Waals surface area contributed by atoms with Gasteiger partial charge in [-0.3, -0.25) is 4.79 Å². The van der Waals surface area contributed by atoms with Crippen LogP contribution in [-0.4, -0.2) is 36.7 Å². The van der Waals surface area contributed by atoms with Gasteiger partial charge in [-0.1, -0.05) is 12.1 Å². The second-order valence-electron chi connectivity index (χ2n) is 5.27. The molecule has 21 heavy (non-hydrogen) atoms. The molecule has 1 aromatic carbocycles. The maximum atomic E-state index is 11.9. The smallest absolute Gasteiger partial charge is 0.225 e. The van der Waals surface area contributed by atoms with E-state index in [1.54, 1.807) is 24.3 Å². The molecule has 1 aromatic rings. The van der Waals surface area contributed by atoms with Crippen molar-refractivity contribution in [3.8, 4) is 6.07 Å². The van der Waals surface area contributed by atoms with Crippen LogP contribution in [0.5, 0.6) is 0 Å². The van der Waals surface area contributed by atoms with E-state index in [9.17, 15) is 9.59 Å². The van der Waals surface area contributed by atoms with E-state index in [-0.39, 0.29) is 11.8 Å². The number of amides is 1. The molecule has 5 heteroatoms. The fraction of sp³-hybridized carbons (Fsp3) is 0.438. The lowest BCUT2D eigenvalue weighted by Crippen LogP contribution is -2.36. The molecule has 0 unspecified atom stereocenters. The molecule has 110 valence electrons. The number of nitriles is 1. The minimum absolute atomic E-state index is 0.0878. The standard InChI is InChI=1S/C16H19N3O2/c17-11-14-3-1-2-4-15(14)18-16(21)7-10-19-8-5-13(12-20)6-9-19/h1-4,12-13H,5-10H2,(H,18,21). The number of para-hydroxylation sites is 1. The lowest BCUT2D eigenvalue weighted by molar-refractivity contribution is -0.117. The van der Waals surface area contributed by atoms with Crippen LogP contribution in [0.25, 0.3) is 0 Å². The highest BCUT2D eigenvalue weighted by Gasteiger charge is 2.18. The third kappa shape index (κ3) is 4.40. The summed E-state index contributed by atoms with van der Waals surface area (Å²) in [7, 11) is 0. The molecular weight excluding hydrogens is 266 g/mol. The largest absolute Gasteiger partial charge is 0.325 e. The highest BCUT2D eigenvalue weighted by molar-refractivity contribution is 5.92. The fourth-order valence-electron chi connectivity index (χ4n) is 2.47. The molecule has 1 aliphatic heterocycles. The lowest BCUT2D eigenvalue weighted by Gasteiger charge is -2.29. The highest BCUT2D eigenvalue weighted by atomic mass is 16.1. The zero-order chi connectivity index (χ0) is 15.1. The average Bonchev–Trinajstić information content (AvgIpc) is 2.54. The van der Waals surface area contributed by atoms with E-state index in [2.05, 4.69) is 16.3 Å². The second kappa shape index (κ2) is 7.55. The van der Waals surface area contributed by atoms with Crippen molar-refractivity contribution in [2.24, 2.45) is 5.92 Å². The number of anilines is 1. The Morgan fingerprint density at radius 1 is 1.38 bits per heavy atom. The Kier molecular flexibility index (Phi) is 5.47. The zero-order valence-electron chi connectivity index (χ0n) is 11.9. The number of carbonyl (C=O) groups excluding carboxylic acids is 2. The molecule has 2 rings (SSSR count). The predicted octanol–water partition coefficient (Wildman–Crippen LogP) is 1.80. The Bertz CT molecular complexity index is 543. The van der Waals surface area contributed by atoms with Crippen molar-refractivity contribution >= 4 is 17.9 Å². The molecule has 1 aliphatic rings. The van der Waals surface area contributed by atoms with Crippen LogP contribution in [0.4, 0.5) is 5.69 Å². The molecule has 0 bridgehead atoms. The number of aldehydes is 1. The summed E-state index contributed by atoms with van der Waals surface area (Å²) in [6.45, 7) is 2.42. The summed E-state index contributed by atoms with van der Waals surface area (Å²) in [4.78, 5) is 24.8. The highest BCUT2D eigenvalue weighted by Crippen LogP contribution is 2.16. The van der Waals surface area contributed by atoms with Crippen LogP contribution in [0.3, 0.4) is 0 Å². The number of nitrogens with one attached hydrogen (secondary N) is 1. The van der Waals surface area contributed by atoms with Gasteiger partial charge in [-0.25, -0.2) is 0 Å². The molecule has 1 amide bonds. The fourth-order valence-corrected chi connectivity index (χ4v) is 2.47. The average molecular weight is 285 g/mol. The summed E-state index contributed by atoms with van der Waals surface area (Å²) in [5, 5.41) is 11.8. The van der Waals surface area contributed by atoms with Crippen molar-refractivity contribution in [3.05, 3.63) is 29.8 Å². The minimum Gasteiger partial charge on any atom is -0.325 e. The maximum absolute atomic E-state index is 11.9. The zero-order valence-corrected chi connectivity index (χ0v) is 11.9. The molecule has 0 aliphatic carbocycles. The number of hydrogen-bond donors (Lipinski definition) is 1. The van der Waals surface area contributed by atoms with Crippen LogP contribution in [0.15, 0.2) is 24.3 Å². The first-order chi connectivity index (χ1) is 10.2. The molecule has 5 nitrogen and oxygen atoms in total. The number of hydrogen-bond acceptors (Lipinski definition) is 4. The molecule has 1 saturated heterocycles. The SMILES string of the molecule is N#Cc1ccccc1NC(=O)CCN1CCC(C=O)CC1. The van der Waals surface area contributed by atoms with Crippen LogP contribution in [0.1, 0.15) is 24.8 Å². The summed E-state index contributed by atoms with van der Waals surface area (Å²) in [6.07, 6.45) is 3.18. The number of piperidine rings is 1. The van der Waals surface area contributed by atoms with Gasteiger partial charge in [0.15, 0.2) is 0 Å². The van der Waals surface area contributed by atoms with Crippen LogP contribution in [0, 0.1) is 17.2 Å². The monoisotopic (exact) mass is 285 g/mol. The Balaban J connectivity index is 1.78. The molecule has 1 fully saturated rings. The number of rotatable bonds is 5. The van der Waals surface area contributed by atoms with E-state index in [0.29, 0.717) is 24.2 Å². The number of likely N-dealkylation sites (tertiary alicyclic amines) is 1. The summed E-state index contributed by atoms with van der Waals surface area (Å²) >= 11 is 0. The Hall–Kier alpha value is -2.19. The molecule has 1 N–H and O–H groups in total. The van der Waals surface area contributed by atoms with Gasteiger partial charge in [0.05, 0.1) is 11.3 Å². The number of benzene rings is 1. The Morgan fingerprint density at radius 2 is 2.10 bits per heavy atom. The third-order valence-electron chi connectivity index (χ3n) is 3.80. The van der Waals surface area contributed by atoms with Gasteiger partial charge in [0.1, 0.15) is 12.4 Å². The number of nitrogens with zero attached hydrogens (tertiary/aromatic N) is 2. The molecule has 0 aromatic heterocycles. The molecule has 0 atom stereocenters. The molecule has 0 saturated carbocycles. The van der Waals surface area contributed by atoms with E-state index in [4.69, 9.17) is 5.26 Å². The van der Waals surface area contributed by atoms with Crippen molar-refractivity contribution in [3.63, 3.8) is 0 Å². The van der Waals surface area contributed by atoms with Crippen LogP contribution in [-0.2, 0) is 9.59 Å². The van der Waals surface area contributed by atoms with Crippen LogP contribution < -0.4 is 5.32 Å². The van der Waals surface area contributed by atoms with Gasteiger partial charge < -0.3 is 15.0 Å². The van der Waals surface area contributed by atoms with Gasteiger partial charge in [-0.15, -0.1) is 0 Å². The predicted molar refractivity (Wildman–Crippen MR) is 79.6 cm³/mol. The van der Waals surface area contributed by atoms with Gasteiger partial charge in [-0.2, -0.15) is 5.26 Å². The van der Waals surface area contributed by atoms with Gasteiger partial charge in [0.25, 0.3) is 0 Å². The van der Waals surface area contributed by atoms with Gasteiger partial charge in [0.2, 0.25) is 5.91 Å². The maximum Gasteiger partial charge on any atom is 0.225 e. The van der Waals surface area contributed by atoms with Crippen molar-refractivity contribution in [1.29, 1.82) is 5.26 Å². The quantitative estimate of drug-likeness (QED) is 0.837. The van der Waals surface area contributed by atoms with Crippen LogP contribution in [0.2, 0.25) is 0 Å². The normalized spacial score (nSPS) is 16.1. The van der Waals surface area contributed by atoms with Gasteiger partial charge in [0, 0.05) is 18.9 Å². The van der Waals surface area contributed by atoms with Gasteiger partial charge >= 0.3 is 0 Å². The minimum atomic E-state index is -0.0878. The summed E-state index contributed by atoms with van der Waals surface area (Å²) < 4.78 is 0. The second-order valence-corrected chi connectivity index (χ2v) is 5.27.